The molecule has 1 aromatic heterocycles. The molecule has 0 aliphatic carbocycles. The summed E-state index contributed by atoms with van der Waals surface area (Å²) in [7, 11) is 0. The Balaban J connectivity index is 2.72. The summed E-state index contributed by atoms with van der Waals surface area (Å²) < 4.78 is 1.14. The maximum Gasteiger partial charge on any atom is 0.408 e. The van der Waals surface area contributed by atoms with Gasteiger partial charge in [0.05, 0.1) is 11.3 Å². The van der Waals surface area contributed by atoms with E-state index in [0.29, 0.717) is 0 Å². The van der Waals surface area contributed by atoms with Crippen molar-refractivity contribution in [3.05, 3.63) is 21.3 Å². The van der Waals surface area contributed by atoms with Gasteiger partial charge in [-0.1, -0.05) is 11.6 Å². The van der Waals surface area contributed by atoms with Crippen LogP contribution < -0.4 is 5.32 Å². The van der Waals surface area contributed by atoms with E-state index in [1.54, 1.807) is 0 Å². The fraction of sp³-hybridized carbons (Fsp3) is 0.500. The Morgan fingerprint density at radius 2 is 2.38 bits per heavy atom. The van der Waals surface area contributed by atoms with Gasteiger partial charge in [-0.25, -0.2) is 0 Å². The normalized spacial score (nSPS) is 10.5. The lowest BCUT2D eigenvalue weighted by atomic mass is 10.4. The van der Waals surface area contributed by atoms with Crippen LogP contribution >= 0.6 is 11.6 Å². The second kappa shape index (κ2) is 4.93. The molecule has 0 atom stereocenters. The molecular weight excluding hydrogens is 236 g/mol. The zero-order chi connectivity index (χ0) is 12.3. The van der Waals surface area contributed by atoms with E-state index in [2.05, 4.69) is 10.4 Å². The zero-order valence-corrected chi connectivity index (χ0v) is 9.56. The molecular formula is C8H11ClN4O3. The van der Waals surface area contributed by atoms with Gasteiger partial charge in [-0.2, -0.15) is 4.68 Å². The molecule has 88 valence electrons. The van der Waals surface area contributed by atoms with Gasteiger partial charge in [-0.15, -0.1) is 0 Å². The van der Waals surface area contributed by atoms with E-state index in [0.717, 1.165) is 4.68 Å². The monoisotopic (exact) mass is 246 g/mol. The van der Waals surface area contributed by atoms with Crippen LogP contribution in [-0.4, -0.2) is 26.7 Å². The van der Waals surface area contributed by atoms with Gasteiger partial charge in [-0.3, -0.25) is 4.79 Å². The summed E-state index contributed by atoms with van der Waals surface area (Å²) in [6, 6.07) is 0.00789. The maximum absolute atomic E-state index is 11.3. The predicted molar refractivity (Wildman–Crippen MR) is 57.2 cm³/mol. The number of nitrogens with zero attached hydrogens (tertiary/aromatic N) is 3. The van der Waals surface area contributed by atoms with Gasteiger partial charge < -0.3 is 15.4 Å². The molecule has 0 bridgehead atoms. The Bertz CT molecular complexity index is 415. The lowest BCUT2D eigenvalue weighted by Gasteiger charge is -2.06. The topological polar surface area (TPSA) is 90.1 Å². The van der Waals surface area contributed by atoms with E-state index >= 15 is 0 Å². The molecule has 0 saturated heterocycles. The van der Waals surface area contributed by atoms with Gasteiger partial charge in [0.15, 0.2) is 5.02 Å². The Morgan fingerprint density at radius 3 is 2.81 bits per heavy atom. The van der Waals surface area contributed by atoms with Gasteiger partial charge in [0, 0.05) is 6.04 Å². The summed E-state index contributed by atoms with van der Waals surface area (Å²) in [4.78, 5) is 21.1. The lowest BCUT2D eigenvalue weighted by Crippen LogP contribution is -2.33. The number of amides is 1. The van der Waals surface area contributed by atoms with Crippen molar-refractivity contribution in [2.24, 2.45) is 0 Å². The first kappa shape index (κ1) is 12.4. The largest absolute Gasteiger partial charge is 0.408 e. The average molecular weight is 247 g/mol. The van der Waals surface area contributed by atoms with Crippen LogP contribution in [0.5, 0.6) is 0 Å². The third-order valence-electron chi connectivity index (χ3n) is 1.63. The first-order chi connectivity index (χ1) is 7.40. The minimum absolute atomic E-state index is 0.00789. The standard InChI is InChI=1S/C8H11ClN4O3/c1-5(2)10-7(14)4-12-3-6(9)8(11-12)13(15)16/h3,5H,4H2,1-2H3,(H,10,14). The minimum Gasteiger partial charge on any atom is -0.358 e. The van der Waals surface area contributed by atoms with E-state index < -0.39 is 10.7 Å². The highest BCUT2D eigenvalue weighted by Gasteiger charge is 2.20. The number of rotatable bonds is 4. The highest BCUT2D eigenvalue weighted by molar-refractivity contribution is 6.32. The third-order valence-corrected chi connectivity index (χ3v) is 1.89. The summed E-state index contributed by atoms with van der Waals surface area (Å²) in [6.45, 7) is 3.54. The molecule has 1 rings (SSSR count). The van der Waals surface area contributed by atoms with Crippen LogP contribution in [0.1, 0.15) is 13.8 Å². The summed E-state index contributed by atoms with van der Waals surface area (Å²) in [5, 5.41) is 16.6. The molecule has 1 amide bonds. The molecule has 0 spiro atoms. The maximum atomic E-state index is 11.3. The van der Waals surface area contributed by atoms with Crippen LogP contribution in [0, 0.1) is 10.1 Å². The number of nitrogens with one attached hydrogen (secondary N) is 1. The molecule has 1 N–H and O–H groups in total. The van der Waals surface area contributed by atoms with Crippen LogP contribution in [0.4, 0.5) is 5.82 Å². The van der Waals surface area contributed by atoms with E-state index in [-0.39, 0.29) is 23.5 Å². The SMILES string of the molecule is CC(C)NC(=O)Cn1cc(Cl)c([N+](=O)[O-])n1. The summed E-state index contributed by atoms with van der Waals surface area (Å²) in [6.07, 6.45) is 1.25. The quantitative estimate of drug-likeness (QED) is 0.633. The van der Waals surface area contributed by atoms with Crippen molar-refractivity contribution in [3.63, 3.8) is 0 Å². The summed E-state index contributed by atoms with van der Waals surface area (Å²) in [5.74, 6) is -0.719. The molecule has 0 aliphatic heterocycles. The molecule has 1 heterocycles. The number of aromatic nitrogens is 2. The Morgan fingerprint density at radius 1 is 1.75 bits per heavy atom. The first-order valence-electron chi connectivity index (χ1n) is 4.57. The van der Waals surface area contributed by atoms with Crippen LogP contribution in [0.3, 0.4) is 0 Å². The number of nitro groups is 1. The molecule has 0 aromatic carbocycles. The summed E-state index contributed by atoms with van der Waals surface area (Å²) in [5.41, 5.74) is 0. The Labute approximate surface area is 96.5 Å². The predicted octanol–water partition coefficient (Wildman–Crippen LogP) is 0.969. The van der Waals surface area contributed by atoms with Crippen molar-refractivity contribution in [3.8, 4) is 0 Å². The average Bonchev–Trinajstić information content (AvgIpc) is 2.44. The van der Waals surface area contributed by atoms with Crippen molar-refractivity contribution in [2.75, 3.05) is 0 Å². The molecule has 7 nitrogen and oxygen atoms in total. The highest BCUT2D eigenvalue weighted by Crippen LogP contribution is 2.20. The Hall–Kier alpha value is -1.63. The second-order valence-corrected chi connectivity index (χ2v) is 3.88. The van der Waals surface area contributed by atoms with Gasteiger partial charge in [0.2, 0.25) is 5.91 Å². The number of halogens is 1. The molecule has 8 heteroatoms. The van der Waals surface area contributed by atoms with Crippen LogP contribution in [0.25, 0.3) is 0 Å². The fourth-order valence-electron chi connectivity index (χ4n) is 1.11. The zero-order valence-electron chi connectivity index (χ0n) is 8.81. The smallest absolute Gasteiger partial charge is 0.358 e. The van der Waals surface area contributed by atoms with Crippen molar-refractivity contribution in [2.45, 2.75) is 26.4 Å². The van der Waals surface area contributed by atoms with E-state index in [9.17, 15) is 14.9 Å². The molecule has 0 unspecified atom stereocenters. The molecule has 0 saturated carbocycles. The number of carbonyl (C=O) groups excluding carboxylic acids is 1. The van der Waals surface area contributed by atoms with Crippen LogP contribution in [-0.2, 0) is 11.3 Å². The van der Waals surface area contributed by atoms with Gasteiger partial charge in [0.25, 0.3) is 0 Å². The van der Waals surface area contributed by atoms with Crippen molar-refractivity contribution in [1.29, 1.82) is 0 Å². The summed E-state index contributed by atoms with van der Waals surface area (Å²) >= 11 is 5.57. The van der Waals surface area contributed by atoms with Crippen LogP contribution in [0.2, 0.25) is 5.02 Å². The van der Waals surface area contributed by atoms with Gasteiger partial charge in [-0.05, 0) is 18.8 Å². The van der Waals surface area contributed by atoms with E-state index in [1.165, 1.54) is 6.20 Å². The third kappa shape index (κ3) is 3.20. The first-order valence-corrected chi connectivity index (χ1v) is 4.94. The molecule has 0 aliphatic rings. The van der Waals surface area contributed by atoms with Gasteiger partial charge in [0.1, 0.15) is 6.54 Å². The van der Waals surface area contributed by atoms with Crippen molar-refractivity contribution >= 4 is 23.3 Å². The van der Waals surface area contributed by atoms with E-state index in [1.807, 2.05) is 13.8 Å². The highest BCUT2D eigenvalue weighted by atomic mass is 35.5. The minimum atomic E-state index is -0.695. The number of carbonyl (C=O) groups is 1. The van der Waals surface area contributed by atoms with Crippen molar-refractivity contribution in [1.82, 2.24) is 15.1 Å². The molecule has 1 aromatic rings. The lowest BCUT2D eigenvalue weighted by molar-refractivity contribution is -0.389. The van der Waals surface area contributed by atoms with Gasteiger partial charge >= 0.3 is 5.82 Å². The molecule has 0 radical (unpaired) electrons. The Kier molecular flexibility index (Phi) is 3.83. The second-order valence-electron chi connectivity index (χ2n) is 3.48. The molecule has 16 heavy (non-hydrogen) atoms. The van der Waals surface area contributed by atoms with Crippen molar-refractivity contribution < 1.29 is 9.72 Å². The van der Waals surface area contributed by atoms with Crippen LogP contribution in [0.15, 0.2) is 6.20 Å². The molecule has 0 fully saturated rings. The fourth-order valence-corrected chi connectivity index (χ4v) is 1.33. The van der Waals surface area contributed by atoms with E-state index in [4.69, 9.17) is 11.6 Å². The number of hydrogen-bond donors (Lipinski definition) is 1. The number of hydrogen-bond acceptors (Lipinski definition) is 4.